The van der Waals surface area contributed by atoms with Gasteiger partial charge in [0.1, 0.15) is 16.2 Å². The van der Waals surface area contributed by atoms with E-state index in [0.717, 1.165) is 11.3 Å². The molecule has 0 spiro atoms. The predicted octanol–water partition coefficient (Wildman–Crippen LogP) is 3.42. The van der Waals surface area contributed by atoms with Gasteiger partial charge in [0.15, 0.2) is 17.3 Å². The SMILES string of the molecule is O=C(c1ccc2c(c1)OCO2)C1CCCN(S(=O)(=O)c2ccc(-c3ccon3)s2)C1. The number of sulfonamides is 1. The summed E-state index contributed by atoms with van der Waals surface area (Å²) in [6.45, 7) is 0.691. The Morgan fingerprint density at radius 3 is 2.83 bits per heavy atom. The Labute approximate surface area is 177 Å². The smallest absolute Gasteiger partial charge is 0.252 e. The molecule has 2 aromatic heterocycles. The summed E-state index contributed by atoms with van der Waals surface area (Å²) < 4.78 is 43.5. The minimum Gasteiger partial charge on any atom is -0.454 e. The summed E-state index contributed by atoms with van der Waals surface area (Å²) >= 11 is 1.14. The molecule has 1 atom stereocenters. The number of ether oxygens (including phenoxy) is 2. The molecular formula is C20H18N2O6S2. The molecular weight excluding hydrogens is 428 g/mol. The normalized spacial score (nSPS) is 19.1. The Bertz CT molecular complexity index is 1190. The molecule has 5 rings (SSSR count). The highest BCUT2D eigenvalue weighted by Gasteiger charge is 2.35. The number of ketones is 1. The van der Waals surface area contributed by atoms with E-state index >= 15 is 0 Å². The van der Waals surface area contributed by atoms with Crippen molar-refractivity contribution in [1.82, 2.24) is 9.46 Å². The van der Waals surface area contributed by atoms with Gasteiger partial charge in [-0.2, -0.15) is 4.31 Å². The number of thiophene rings is 1. The van der Waals surface area contributed by atoms with Crippen LogP contribution >= 0.6 is 11.3 Å². The van der Waals surface area contributed by atoms with Crippen molar-refractivity contribution in [3.8, 4) is 22.1 Å². The number of carbonyl (C=O) groups excluding carboxylic acids is 1. The molecule has 0 N–H and O–H groups in total. The first-order chi connectivity index (χ1) is 14.5. The van der Waals surface area contributed by atoms with Crippen molar-refractivity contribution >= 4 is 27.1 Å². The van der Waals surface area contributed by atoms with Gasteiger partial charge in [0.05, 0.1) is 4.88 Å². The van der Waals surface area contributed by atoms with Crippen LogP contribution < -0.4 is 9.47 Å². The standard InChI is InChI=1S/C20H18N2O6S2/c23-20(13-3-4-16-17(10-13)27-12-26-16)14-2-1-8-22(11-14)30(24,25)19-6-5-18(29-19)15-7-9-28-21-15/h3-7,9-10,14H,1-2,8,11-12H2. The summed E-state index contributed by atoms with van der Waals surface area (Å²) in [6.07, 6.45) is 2.72. The molecule has 1 fully saturated rings. The Hall–Kier alpha value is -2.69. The van der Waals surface area contributed by atoms with Gasteiger partial charge in [-0.15, -0.1) is 11.3 Å². The van der Waals surface area contributed by atoms with Gasteiger partial charge in [-0.25, -0.2) is 8.42 Å². The van der Waals surface area contributed by atoms with Crippen LogP contribution in [0, 0.1) is 5.92 Å². The van der Waals surface area contributed by atoms with Crippen LogP contribution in [-0.2, 0) is 10.0 Å². The first-order valence-electron chi connectivity index (χ1n) is 9.47. The fourth-order valence-corrected chi connectivity index (χ4v) is 6.67. The number of hydrogen-bond donors (Lipinski definition) is 0. The van der Waals surface area contributed by atoms with Gasteiger partial charge in [0.2, 0.25) is 6.79 Å². The molecule has 8 nitrogen and oxygen atoms in total. The molecule has 1 saturated heterocycles. The first kappa shape index (κ1) is 19.3. The Balaban J connectivity index is 1.35. The van der Waals surface area contributed by atoms with E-state index < -0.39 is 15.9 Å². The lowest BCUT2D eigenvalue weighted by atomic mass is 9.91. The van der Waals surface area contributed by atoms with Crippen LogP contribution in [-0.4, -0.2) is 43.5 Å². The van der Waals surface area contributed by atoms with Crippen molar-refractivity contribution in [1.29, 1.82) is 0 Å². The monoisotopic (exact) mass is 446 g/mol. The van der Waals surface area contributed by atoms with Crippen molar-refractivity contribution in [2.24, 2.45) is 5.92 Å². The molecule has 30 heavy (non-hydrogen) atoms. The highest BCUT2D eigenvalue weighted by Crippen LogP contribution is 2.35. The maximum absolute atomic E-state index is 13.2. The van der Waals surface area contributed by atoms with Gasteiger partial charge >= 0.3 is 0 Å². The second-order valence-corrected chi connectivity index (χ2v) is 10.4. The lowest BCUT2D eigenvalue weighted by Crippen LogP contribution is -2.42. The Morgan fingerprint density at radius 2 is 2.00 bits per heavy atom. The molecule has 0 bridgehead atoms. The van der Waals surface area contributed by atoms with E-state index in [4.69, 9.17) is 14.0 Å². The molecule has 1 aromatic carbocycles. The van der Waals surface area contributed by atoms with E-state index in [2.05, 4.69) is 5.16 Å². The van der Waals surface area contributed by atoms with Crippen LogP contribution in [0.2, 0.25) is 0 Å². The second-order valence-electron chi connectivity index (χ2n) is 7.14. The van der Waals surface area contributed by atoms with E-state index in [1.54, 1.807) is 36.4 Å². The molecule has 0 aliphatic carbocycles. The van der Waals surface area contributed by atoms with Crippen LogP contribution in [0.15, 0.2) is 51.4 Å². The molecule has 0 amide bonds. The molecule has 10 heteroatoms. The molecule has 0 radical (unpaired) electrons. The number of aromatic nitrogens is 1. The van der Waals surface area contributed by atoms with Crippen LogP contribution in [0.5, 0.6) is 11.5 Å². The molecule has 156 valence electrons. The van der Waals surface area contributed by atoms with E-state index in [0.29, 0.717) is 47.0 Å². The third-order valence-corrected chi connectivity index (χ3v) is 8.72. The fraction of sp³-hybridized carbons (Fsp3) is 0.300. The van der Waals surface area contributed by atoms with Gasteiger partial charge in [-0.1, -0.05) is 5.16 Å². The lowest BCUT2D eigenvalue weighted by Gasteiger charge is -2.30. The Kier molecular flexibility index (Phi) is 4.84. The number of benzene rings is 1. The Morgan fingerprint density at radius 1 is 1.13 bits per heavy atom. The summed E-state index contributed by atoms with van der Waals surface area (Å²) in [4.78, 5) is 13.7. The van der Waals surface area contributed by atoms with Crippen molar-refractivity contribution in [2.45, 2.75) is 17.1 Å². The second kappa shape index (κ2) is 7.53. The molecule has 1 unspecified atom stereocenters. The van der Waals surface area contributed by atoms with Gasteiger partial charge in [0, 0.05) is 30.6 Å². The van der Waals surface area contributed by atoms with Gasteiger partial charge in [-0.3, -0.25) is 4.79 Å². The van der Waals surface area contributed by atoms with E-state index in [-0.39, 0.29) is 23.3 Å². The molecule has 3 aromatic rings. The highest BCUT2D eigenvalue weighted by atomic mass is 32.2. The summed E-state index contributed by atoms with van der Waals surface area (Å²) in [6, 6.07) is 10.1. The first-order valence-corrected chi connectivity index (χ1v) is 11.7. The zero-order chi connectivity index (χ0) is 20.7. The number of nitrogens with zero attached hydrogens (tertiary/aromatic N) is 2. The third kappa shape index (κ3) is 3.40. The zero-order valence-corrected chi connectivity index (χ0v) is 17.4. The number of piperidine rings is 1. The molecule has 2 aliphatic heterocycles. The quantitative estimate of drug-likeness (QED) is 0.554. The summed E-state index contributed by atoms with van der Waals surface area (Å²) in [5.74, 6) is 0.673. The average molecular weight is 447 g/mol. The summed E-state index contributed by atoms with van der Waals surface area (Å²) in [7, 11) is -3.69. The topological polar surface area (TPSA) is 98.9 Å². The van der Waals surface area contributed by atoms with Crippen LogP contribution in [0.4, 0.5) is 0 Å². The van der Waals surface area contributed by atoms with Crippen molar-refractivity contribution in [3.05, 3.63) is 48.2 Å². The number of rotatable bonds is 5. The minimum absolute atomic E-state index is 0.0809. The van der Waals surface area contributed by atoms with Gasteiger partial charge in [-0.05, 0) is 43.2 Å². The summed E-state index contributed by atoms with van der Waals surface area (Å²) in [5.41, 5.74) is 1.10. The predicted molar refractivity (Wildman–Crippen MR) is 108 cm³/mol. The van der Waals surface area contributed by atoms with E-state index in [1.165, 1.54) is 10.6 Å². The average Bonchev–Trinajstić information content (AvgIpc) is 3.53. The van der Waals surface area contributed by atoms with Crippen molar-refractivity contribution < 1.29 is 27.2 Å². The zero-order valence-electron chi connectivity index (χ0n) is 15.8. The molecule has 0 saturated carbocycles. The third-order valence-electron chi connectivity index (χ3n) is 5.28. The van der Waals surface area contributed by atoms with Crippen molar-refractivity contribution in [3.63, 3.8) is 0 Å². The maximum atomic E-state index is 13.2. The lowest BCUT2D eigenvalue weighted by molar-refractivity contribution is 0.0872. The van der Waals surface area contributed by atoms with Crippen molar-refractivity contribution in [2.75, 3.05) is 19.9 Å². The number of Topliss-reactive ketones (excluding diaryl/α,β-unsaturated/α-hetero) is 1. The van der Waals surface area contributed by atoms with E-state index in [1.807, 2.05) is 0 Å². The van der Waals surface area contributed by atoms with Gasteiger partial charge in [0.25, 0.3) is 10.0 Å². The summed E-state index contributed by atoms with van der Waals surface area (Å²) in [5, 5.41) is 3.85. The van der Waals surface area contributed by atoms with Crippen LogP contribution in [0.3, 0.4) is 0 Å². The number of carbonyl (C=O) groups is 1. The van der Waals surface area contributed by atoms with Crippen LogP contribution in [0.1, 0.15) is 23.2 Å². The number of fused-ring (bicyclic) bond motifs is 1. The highest BCUT2D eigenvalue weighted by molar-refractivity contribution is 7.91. The fourth-order valence-electron chi connectivity index (χ4n) is 3.72. The molecule has 4 heterocycles. The maximum Gasteiger partial charge on any atom is 0.252 e. The largest absolute Gasteiger partial charge is 0.454 e. The van der Waals surface area contributed by atoms with Gasteiger partial charge < -0.3 is 14.0 Å². The van der Waals surface area contributed by atoms with Crippen LogP contribution in [0.25, 0.3) is 10.6 Å². The van der Waals surface area contributed by atoms with E-state index in [9.17, 15) is 13.2 Å². The minimum atomic E-state index is -3.69. The molecule has 2 aliphatic rings. The number of hydrogen-bond acceptors (Lipinski definition) is 8.